The van der Waals surface area contributed by atoms with Gasteiger partial charge >= 0.3 is 6.09 Å². The van der Waals surface area contributed by atoms with E-state index in [9.17, 15) is 9.18 Å². The lowest BCUT2D eigenvalue weighted by Crippen LogP contribution is -2.13. The second-order valence-electron chi connectivity index (χ2n) is 6.23. The van der Waals surface area contributed by atoms with E-state index in [1.54, 1.807) is 17.1 Å². The minimum atomic E-state index is -0.638. The van der Waals surface area contributed by atoms with Gasteiger partial charge in [-0.15, -0.1) is 0 Å². The van der Waals surface area contributed by atoms with Crippen LogP contribution in [0.25, 0.3) is 16.9 Å². The predicted molar refractivity (Wildman–Crippen MR) is 107 cm³/mol. The van der Waals surface area contributed by atoms with Gasteiger partial charge in [-0.25, -0.2) is 13.9 Å². The number of anilines is 1. The van der Waals surface area contributed by atoms with Crippen LogP contribution in [0.3, 0.4) is 0 Å². The van der Waals surface area contributed by atoms with Crippen molar-refractivity contribution < 1.29 is 13.9 Å². The predicted octanol–water partition coefficient (Wildman–Crippen LogP) is 4.82. The molecule has 0 saturated carbocycles. The summed E-state index contributed by atoms with van der Waals surface area (Å²) in [7, 11) is 0. The van der Waals surface area contributed by atoms with E-state index >= 15 is 0 Å². The normalized spacial score (nSPS) is 10.5. The number of hydrogen-bond acceptors (Lipinski definition) is 4. The fourth-order valence-corrected chi connectivity index (χ4v) is 2.80. The number of carbonyl (C=O) groups excluding carboxylic acids is 1. The molecule has 0 saturated heterocycles. The highest BCUT2D eigenvalue weighted by atomic mass is 19.1. The number of aromatic nitrogens is 3. The lowest BCUT2D eigenvalue weighted by molar-refractivity contribution is 0.155. The molecule has 29 heavy (non-hydrogen) atoms. The van der Waals surface area contributed by atoms with Crippen molar-refractivity contribution in [2.45, 2.75) is 6.61 Å². The van der Waals surface area contributed by atoms with Gasteiger partial charge in [-0.3, -0.25) is 10.3 Å². The van der Waals surface area contributed by atoms with Gasteiger partial charge < -0.3 is 4.74 Å². The van der Waals surface area contributed by atoms with Crippen LogP contribution in [0.4, 0.5) is 14.9 Å². The Morgan fingerprint density at radius 2 is 1.83 bits per heavy atom. The van der Waals surface area contributed by atoms with Gasteiger partial charge in [0, 0.05) is 35.4 Å². The van der Waals surface area contributed by atoms with Crippen molar-refractivity contribution in [1.82, 2.24) is 14.8 Å². The number of ether oxygens (including phenoxy) is 1. The summed E-state index contributed by atoms with van der Waals surface area (Å²) >= 11 is 0. The van der Waals surface area contributed by atoms with Gasteiger partial charge in [0.05, 0.1) is 5.69 Å². The van der Waals surface area contributed by atoms with Crippen molar-refractivity contribution in [1.29, 1.82) is 0 Å². The Morgan fingerprint density at radius 3 is 2.55 bits per heavy atom. The molecule has 0 bridgehead atoms. The first-order chi connectivity index (χ1) is 14.2. The zero-order valence-electron chi connectivity index (χ0n) is 15.3. The third kappa shape index (κ3) is 4.47. The zero-order valence-corrected chi connectivity index (χ0v) is 15.3. The van der Waals surface area contributed by atoms with E-state index in [1.165, 1.54) is 24.3 Å². The average Bonchev–Trinajstić information content (AvgIpc) is 3.20. The molecule has 2 aromatic heterocycles. The van der Waals surface area contributed by atoms with Crippen LogP contribution in [-0.4, -0.2) is 20.9 Å². The number of rotatable bonds is 5. The third-order valence-corrected chi connectivity index (χ3v) is 4.20. The van der Waals surface area contributed by atoms with Crippen molar-refractivity contribution in [3.05, 3.63) is 96.7 Å². The summed E-state index contributed by atoms with van der Waals surface area (Å²) in [4.78, 5) is 16.3. The fraction of sp³-hybridized carbons (Fsp3) is 0.0455. The van der Waals surface area contributed by atoms with Crippen LogP contribution >= 0.6 is 0 Å². The van der Waals surface area contributed by atoms with Gasteiger partial charge in [-0.1, -0.05) is 18.2 Å². The molecule has 2 aromatic carbocycles. The van der Waals surface area contributed by atoms with Gasteiger partial charge in [0.2, 0.25) is 0 Å². The molecule has 7 heteroatoms. The van der Waals surface area contributed by atoms with Crippen molar-refractivity contribution in [2.75, 3.05) is 5.32 Å². The smallest absolute Gasteiger partial charge is 0.411 e. The quantitative estimate of drug-likeness (QED) is 0.532. The minimum Gasteiger partial charge on any atom is -0.444 e. The molecular weight excluding hydrogens is 371 g/mol. The number of benzene rings is 2. The third-order valence-electron chi connectivity index (χ3n) is 4.20. The highest BCUT2D eigenvalue weighted by molar-refractivity contribution is 5.84. The Balaban J connectivity index is 1.54. The maximum Gasteiger partial charge on any atom is 0.411 e. The summed E-state index contributed by atoms with van der Waals surface area (Å²) in [6, 6.07) is 18.8. The molecule has 0 spiro atoms. The van der Waals surface area contributed by atoms with Crippen LogP contribution in [0.15, 0.2) is 85.3 Å². The van der Waals surface area contributed by atoms with Gasteiger partial charge in [0.15, 0.2) is 0 Å². The first-order valence-corrected chi connectivity index (χ1v) is 8.93. The highest BCUT2D eigenvalue weighted by Crippen LogP contribution is 2.24. The van der Waals surface area contributed by atoms with Crippen LogP contribution in [0.1, 0.15) is 5.56 Å². The highest BCUT2D eigenvalue weighted by Gasteiger charge is 2.14. The van der Waals surface area contributed by atoms with Gasteiger partial charge in [0.1, 0.15) is 18.1 Å². The number of para-hydroxylation sites is 1. The van der Waals surface area contributed by atoms with Crippen LogP contribution in [0, 0.1) is 5.82 Å². The van der Waals surface area contributed by atoms with E-state index in [2.05, 4.69) is 15.4 Å². The molecule has 6 nitrogen and oxygen atoms in total. The average molecular weight is 388 g/mol. The summed E-state index contributed by atoms with van der Waals surface area (Å²) in [6.07, 6.45) is 4.58. The monoisotopic (exact) mass is 388 g/mol. The molecule has 0 unspecified atom stereocenters. The summed E-state index contributed by atoms with van der Waals surface area (Å²) in [5, 5.41) is 7.22. The Labute approximate surface area is 166 Å². The van der Waals surface area contributed by atoms with Crippen LogP contribution < -0.4 is 5.32 Å². The number of pyridine rings is 1. The molecule has 0 aliphatic carbocycles. The molecule has 0 radical (unpaired) electrons. The molecule has 0 aliphatic rings. The fourth-order valence-electron chi connectivity index (χ4n) is 2.80. The van der Waals surface area contributed by atoms with Crippen molar-refractivity contribution >= 4 is 11.8 Å². The maximum atomic E-state index is 13.0. The topological polar surface area (TPSA) is 69.0 Å². The van der Waals surface area contributed by atoms with Crippen molar-refractivity contribution in [3.63, 3.8) is 0 Å². The molecule has 4 aromatic rings. The zero-order chi connectivity index (χ0) is 20.1. The molecule has 1 amide bonds. The Kier molecular flexibility index (Phi) is 5.29. The first kappa shape index (κ1) is 18.4. The number of hydrogen-bond donors (Lipinski definition) is 1. The Bertz CT molecular complexity index is 1100. The number of nitrogens with zero attached hydrogens (tertiary/aromatic N) is 3. The van der Waals surface area contributed by atoms with E-state index < -0.39 is 6.09 Å². The number of carbonyl (C=O) groups is 1. The van der Waals surface area contributed by atoms with Gasteiger partial charge in [0.25, 0.3) is 0 Å². The van der Waals surface area contributed by atoms with Crippen LogP contribution in [0.2, 0.25) is 0 Å². The SMILES string of the molecule is O=C(Nc1ccc(F)cc1)OCc1cn(-c2ccccc2)nc1-c1cccnc1. The lowest BCUT2D eigenvalue weighted by Gasteiger charge is -2.07. The lowest BCUT2D eigenvalue weighted by atomic mass is 10.1. The van der Waals surface area contributed by atoms with Crippen molar-refractivity contribution in [2.24, 2.45) is 0 Å². The first-order valence-electron chi connectivity index (χ1n) is 8.93. The van der Waals surface area contributed by atoms with E-state index in [0.29, 0.717) is 11.4 Å². The summed E-state index contributed by atoms with van der Waals surface area (Å²) < 4.78 is 20.1. The van der Waals surface area contributed by atoms with Gasteiger partial charge in [-0.2, -0.15) is 5.10 Å². The molecule has 0 aliphatic heterocycles. The van der Waals surface area contributed by atoms with Gasteiger partial charge in [-0.05, 0) is 48.5 Å². The van der Waals surface area contributed by atoms with E-state index in [0.717, 1.165) is 16.8 Å². The summed E-state index contributed by atoms with van der Waals surface area (Å²) in [5.41, 5.74) is 3.57. The largest absolute Gasteiger partial charge is 0.444 e. The number of halogens is 1. The van der Waals surface area contributed by atoms with Crippen LogP contribution in [0.5, 0.6) is 0 Å². The van der Waals surface area contributed by atoms with E-state index in [1.807, 2.05) is 48.7 Å². The number of amides is 1. The molecule has 2 heterocycles. The molecule has 4 rings (SSSR count). The molecule has 0 atom stereocenters. The van der Waals surface area contributed by atoms with E-state index in [-0.39, 0.29) is 12.4 Å². The molecule has 1 N–H and O–H groups in total. The molecule has 144 valence electrons. The second-order valence-corrected chi connectivity index (χ2v) is 6.23. The Hall–Kier alpha value is -4.00. The maximum absolute atomic E-state index is 13.0. The summed E-state index contributed by atoms with van der Waals surface area (Å²) in [5.74, 6) is -0.377. The number of nitrogens with one attached hydrogen (secondary N) is 1. The second kappa shape index (κ2) is 8.35. The minimum absolute atomic E-state index is 0.0179. The molecular formula is C22H17FN4O2. The van der Waals surface area contributed by atoms with Crippen molar-refractivity contribution in [3.8, 4) is 16.9 Å². The summed E-state index contributed by atoms with van der Waals surface area (Å²) in [6.45, 7) is 0.0179. The van der Waals surface area contributed by atoms with Crippen LogP contribution in [-0.2, 0) is 11.3 Å². The molecule has 0 fully saturated rings. The standard InChI is InChI=1S/C22H17FN4O2/c23-18-8-10-19(11-9-18)25-22(28)29-15-17-14-27(20-6-2-1-3-7-20)26-21(17)16-5-4-12-24-13-16/h1-14H,15H2,(H,25,28). The van der Waals surface area contributed by atoms with E-state index in [4.69, 9.17) is 4.74 Å². The Morgan fingerprint density at radius 1 is 1.03 bits per heavy atom.